The van der Waals surface area contributed by atoms with E-state index in [2.05, 4.69) is 25.6 Å². The summed E-state index contributed by atoms with van der Waals surface area (Å²) in [6.07, 6.45) is 3.94. The van der Waals surface area contributed by atoms with Gasteiger partial charge in [0.2, 0.25) is 11.7 Å². The minimum Gasteiger partial charge on any atom is -0.497 e. The Hall–Kier alpha value is -4.27. The molecule has 1 fully saturated rings. The molecule has 2 aromatic heterocycles. The molecule has 1 N–H and O–H groups in total. The van der Waals surface area contributed by atoms with Gasteiger partial charge >= 0.3 is 0 Å². The summed E-state index contributed by atoms with van der Waals surface area (Å²) in [5, 5.41) is 14.1. The van der Waals surface area contributed by atoms with Crippen molar-refractivity contribution < 1.29 is 14.3 Å². The first-order chi connectivity index (χ1) is 16.2. The highest BCUT2D eigenvalue weighted by molar-refractivity contribution is 6.12. The average molecular weight is 442 g/mol. The number of aromatic amines is 1. The van der Waals surface area contributed by atoms with Gasteiger partial charge in [0.15, 0.2) is 0 Å². The van der Waals surface area contributed by atoms with Gasteiger partial charge in [-0.05, 0) is 84.6 Å². The number of nitrogens with zero attached hydrogens (tertiary/aromatic N) is 5. The van der Waals surface area contributed by atoms with E-state index in [4.69, 9.17) is 9.47 Å². The van der Waals surface area contributed by atoms with Crippen LogP contribution >= 0.6 is 0 Å². The number of nitrogens with one attached hydrogen (secondary N) is 1. The Morgan fingerprint density at radius 1 is 1.06 bits per heavy atom. The number of amides is 1. The molecule has 0 radical (unpaired) electrons. The highest BCUT2D eigenvalue weighted by Gasteiger charge is 2.26. The van der Waals surface area contributed by atoms with E-state index in [0.717, 1.165) is 18.4 Å². The predicted molar refractivity (Wildman–Crippen MR) is 122 cm³/mol. The number of H-pyrrole nitrogens is 1. The summed E-state index contributed by atoms with van der Waals surface area (Å²) in [5.74, 6) is 1.83. The van der Waals surface area contributed by atoms with Crippen molar-refractivity contribution in [2.75, 3.05) is 18.6 Å². The van der Waals surface area contributed by atoms with Crippen LogP contribution in [0.1, 0.15) is 23.2 Å². The summed E-state index contributed by atoms with van der Waals surface area (Å²) in [4.78, 5) is 19.8. The topological polar surface area (TPSA) is 106 Å². The third kappa shape index (κ3) is 4.52. The number of anilines is 2. The number of pyridine rings is 1. The normalized spacial score (nSPS) is 12.9. The van der Waals surface area contributed by atoms with Crippen molar-refractivity contribution in [1.82, 2.24) is 25.6 Å². The molecule has 0 spiro atoms. The van der Waals surface area contributed by atoms with E-state index in [9.17, 15) is 4.79 Å². The fourth-order valence-corrected chi connectivity index (χ4v) is 3.43. The Bertz CT molecular complexity index is 1220. The van der Waals surface area contributed by atoms with E-state index >= 15 is 0 Å². The van der Waals surface area contributed by atoms with Gasteiger partial charge < -0.3 is 9.47 Å². The number of benzene rings is 2. The van der Waals surface area contributed by atoms with Crippen LogP contribution < -0.4 is 14.4 Å². The number of tetrazole rings is 1. The summed E-state index contributed by atoms with van der Waals surface area (Å²) in [6.45, 7) is 0.569. The number of hydrogen-bond acceptors (Lipinski definition) is 7. The van der Waals surface area contributed by atoms with Crippen LogP contribution in [0.2, 0.25) is 0 Å². The Kier molecular flexibility index (Phi) is 5.67. The van der Waals surface area contributed by atoms with E-state index in [1.54, 1.807) is 30.3 Å². The van der Waals surface area contributed by atoms with Crippen LogP contribution in [0.3, 0.4) is 0 Å². The first-order valence-electron chi connectivity index (χ1n) is 10.6. The maximum absolute atomic E-state index is 13.8. The van der Waals surface area contributed by atoms with Gasteiger partial charge in [-0.15, -0.1) is 10.2 Å². The van der Waals surface area contributed by atoms with Gasteiger partial charge in [0.1, 0.15) is 11.3 Å². The molecule has 9 nitrogen and oxygen atoms in total. The number of hydrogen-bond donors (Lipinski definition) is 1. The van der Waals surface area contributed by atoms with Crippen molar-refractivity contribution >= 4 is 17.3 Å². The van der Waals surface area contributed by atoms with Crippen LogP contribution in [0.4, 0.5) is 11.4 Å². The van der Waals surface area contributed by atoms with Gasteiger partial charge in [-0.3, -0.25) is 9.69 Å². The van der Waals surface area contributed by atoms with Gasteiger partial charge in [-0.2, -0.15) is 5.21 Å². The number of rotatable bonds is 8. The average Bonchev–Trinajstić information content (AvgIpc) is 3.54. The molecule has 2 heterocycles. The molecule has 166 valence electrons. The minimum absolute atomic E-state index is 0.244. The molecule has 0 atom stereocenters. The molecule has 0 unspecified atom stereocenters. The maximum Gasteiger partial charge on any atom is 0.268 e. The molecular formula is C24H22N6O3. The zero-order valence-electron chi connectivity index (χ0n) is 18.0. The molecule has 9 heteroatoms. The van der Waals surface area contributed by atoms with Crippen molar-refractivity contribution in [2.24, 2.45) is 5.92 Å². The van der Waals surface area contributed by atoms with Crippen LogP contribution in [-0.4, -0.2) is 45.2 Å². The lowest BCUT2D eigenvalue weighted by molar-refractivity contribution is 0.0994. The van der Waals surface area contributed by atoms with E-state index in [0.29, 0.717) is 46.9 Å². The molecule has 33 heavy (non-hydrogen) atoms. The van der Waals surface area contributed by atoms with Gasteiger partial charge in [0.05, 0.1) is 13.7 Å². The summed E-state index contributed by atoms with van der Waals surface area (Å²) in [5.41, 5.74) is 2.54. The molecule has 0 bridgehead atoms. The highest BCUT2D eigenvalue weighted by Crippen LogP contribution is 2.33. The number of ether oxygens (including phenoxy) is 2. The molecule has 1 amide bonds. The quantitative estimate of drug-likeness (QED) is 0.439. The largest absolute Gasteiger partial charge is 0.497 e. The monoisotopic (exact) mass is 442 g/mol. The van der Waals surface area contributed by atoms with Crippen molar-refractivity contribution in [2.45, 2.75) is 12.8 Å². The molecule has 5 rings (SSSR count). The first-order valence-corrected chi connectivity index (χ1v) is 10.6. The smallest absolute Gasteiger partial charge is 0.268 e. The molecule has 2 aromatic carbocycles. The highest BCUT2D eigenvalue weighted by atomic mass is 16.5. The second kappa shape index (κ2) is 9.07. The number of methoxy groups -OCH3 is 1. The van der Waals surface area contributed by atoms with E-state index in [-0.39, 0.29) is 5.91 Å². The zero-order chi connectivity index (χ0) is 22.6. The van der Waals surface area contributed by atoms with Crippen LogP contribution in [0.5, 0.6) is 11.6 Å². The van der Waals surface area contributed by atoms with Crippen molar-refractivity contribution in [1.29, 1.82) is 0 Å². The third-order valence-electron chi connectivity index (χ3n) is 5.42. The Balaban J connectivity index is 1.52. The summed E-state index contributed by atoms with van der Waals surface area (Å²) >= 11 is 0. The van der Waals surface area contributed by atoms with E-state index in [1.807, 2.05) is 48.5 Å². The zero-order valence-corrected chi connectivity index (χ0v) is 18.0. The van der Waals surface area contributed by atoms with Crippen molar-refractivity contribution in [3.05, 3.63) is 72.4 Å². The standard InChI is InChI=1S/C24H22N6O3/c1-32-20-12-10-19(11-13-20)30(18-8-6-17(7-9-18)22-26-28-29-27-22)24(31)21-3-2-14-25-23(21)33-15-16-4-5-16/h2-3,6-14,16H,4-5,15H2,1H3,(H,26,27,28,29). The molecular weight excluding hydrogens is 420 g/mol. The van der Waals surface area contributed by atoms with E-state index in [1.165, 1.54) is 0 Å². The van der Waals surface area contributed by atoms with Crippen LogP contribution in [0.15, 0.2) is 66.9 Å². The molecule has 0 aliphatic heterocycles. The predicted octanol–water partition coefficient (Wildman–Crippen LogP) is 4.04. The third-order valence-corrected chi connectivity index (χ3v) is 5.42. The summed E-state index contributed by atoms with van der Waals surface area (Å²) in [7, 11) is 1.60. The summed E-state index contributed by atoms with van der Waals surface area (Å²) < 4.78 is 11.2. The van der Waals surface area contributed by atoms with Crippen molar-refractivity contribution in [3.63, 3.8) is 0 Å². The molecule has 1 aliphatic carbocycles. The first kappa shape index (κ1) is 20.6. The Morgan fingerprint density at radius 3 is 2.42 bits per heavy atom. The molecule has 0 saturated heterocycles. The van der Waals surface area contributed by atoms with Gasteiger partial charge in [0, 0.05) is 23.1 Å². The van der Waals surface area contributed by atoms with Crippen LogP contribution in [0, 0.1) is 5.92 Å². The number of carbonyl (C=O) groups excluding carboxylic acids is 1. The number of carbonyl (C=O) groups is 1. The molecule has 1 aliphatic rings. The van der Waals surface area contributed by atoms with Gasteiger partial charge in [0.25, 0.3) is 5.91 Å². The number of aromatic nitrogens is 5. The van der Waals surface area contributed by atoms with Gasteiger partial charge in [-0.25, -0.2) is 4.98 Å². The van der Waals surface area contributed by atoms with Crippen molar-refractivity contribution in [3.8, 4) is 23.0 Å². The van der Waals surface area contributed by atoms with Crippen LogP contribution in [0.25, 0.3) is 11.4 Å². The lowest BCUT2D eigenvalue weighted by Crippen LogP contribution is -2.27. The Labute approximate surface area is 190 Å². The molecule has 1 saturated carbocycles. The summed E-state index contributed by atoms with van der Waals surface area (Å²) in [6, 6.07) is 18.2. The minimum atomic E-state index is -0.244. The SMILES string of the molecule is COc1ccc(N(C(=O)c2cccnc2OCC2CC2)c2ccc(-c3nn[nH]n3)cc2)cc1. The fraction of sp³-hybridized carbons (Fsp3) is 0.208. The van der Waals surface area contributed by atoms with Gasteiger partial charge in [-0.1, -0.05) is 0 Å². The second-order valence-electron chi connectivity index (χ2n) is 7.73. The van der Waals surface area contributed by atoms with Crippen LogP contribution in [-0.2, 0) is 0 Å². The second-order valence-corrected chi connectivity index (χ2v) is 7.73. The van der Waals surface area contributed by atoms with E-state index < -0.39 is 0 Å². The lowest BCUT2D eigenvalue weighted by Gasteiger charge is -2.24. The fourth-order valence-electron chi connectivity index (χ4n) is 3.43. The molecule has 4 aromatic rings. The maximum atomic E-state index is 13.8. The lowest BCUT2D eigenvalue weighted by atomic mass is 10.1. The Morgan fingerprint density at radius 2 is 1.79 bits per heavy atom.